The average Bonchev–Trinajstić information content (AvgIpc) is 3.36. The van der Waals surface area contributed by atoms with Gasteiger partial charge in [0.05, 0.1) is 48.8 Å². The van der Waals surface area contributed by atoms with Crippen LogP contribution in [0.5, 0.6) is 11.5 Å². The van der Waals surface area contributed by atoms with Crippen LogP contribution in [0.25, 0.3) is 10.9 Å². The van der Waals surface area contributed by atoms with Crippen LogP contribution in [0.3, 0.4) is 0 Å². The maximum Gasteiger partial charge on any atom is 0.349 e. The molecule has 0 bridgehead atoms. The summed E-state index contributed by atoms with van der Waals surface area (Å²) >= 11 is 6.97. The largest absolute Gasteiger partial charge is 0.493 e. The number of fused-ring (bicyclic) bond motifs is 1. The number of nitrogens with one attached hydrogen (secondary N) is 2. The minimum atomic E-state index is -0.951. The van der Waals surface area contributed by atoms with Crippen LogP contribution in [-0.4, -0.2) is 44.3 Å². The molecule has 208 valence electrons. The van der Waals surface area contributed by atoms with Crippen molar-refractivity contribution in [3.05, 3.63) is 74.6 Å². The van der Waals surface area contributed by atoms with Gasteiger partial charge in [0.1, 0.15) is 22.9 Å². The van der Waals surface area contributed by atoms with Gasteiger partial charge in [0.15, 0.2) is 17.3 Å². The number of nitrogens with zero attached hydrogens (tertiary/aromatic N) is 1. The Morgan fingerprint density at radius 3 is 2.40 bits per heavy atom. The Balaban J connectivity index is 1.58. The van der Waals surface area contributed by atoms with Crippen molar-refractivity contribution in [2.24, 2.45) is 0 Å². The minimum Gasteiger partial charge on any atom is -0.493 e. The molecule has 0 spiro atoms. The average molecular weight is 592 g/mol. The summed E-state index contributed by atoms with van der Waals surface area (Å²) in [6.07, 6.45) is 1.48. The van der Waals surface area contributed by atoms with Gasteiger partial charge in [0.2, 0.25) is 0 Å². The van der Waals surface area contributed by atoms with Crippen molar-refractivity contribution in [1.82, 2.24) is 4.98 Å². The molecule has 14 heteroatoms. The molecule has 0 atom stereocenters. The van der Waals surface area contributed by atoms with Crippen LogP contribution in [0.15, 0.2) is 41.9 Å². The molecule has 2 aromatic carbocycles. The Morgan fingerprint density at radius 1 is 0.975 bits per heavy atom. The SMILES string of the molecule is COC(=O)c1scc(NC(=O)Nc2cc(OCc3c(F)cc(Cl)c4cccnc34)c(OC)cc2F)c1C(=O)OC. The number of urea groups is 1. The molecule has 4 rings (SSSR count). The molecule has 0 aliphatic rings. The van der Waals surface area contributed by atoms with Crippen molar-refractivity contribution < 1.29 is 42.1 Å². The van der Waals surface area contributed by atoms with E-state index in [1.807, 2.05) is 0 Å². The fourth-order valence-corrected chi connectivity index (χ4v) is 4.84. The third kappa shape index (κ3) is 5.75. The summed E-state index contributed by atoms with van der Waals surface area (Å²) in [5.74, 6) is -3.27. The Kier molecular flexibility index (Phi) is 8.65. The molecule has 4 aromatic rings. The number of ether oxygens (including phenoxy) is 4. The summed E-state index contributed by atoms with van der Waals surface area (Å²) in [7, 11) is 3.52. The highest BCUT2D eigenvalue weighted by Crippen LogP contribution is 2.35. The predicted molar refractivity (Wildman–Crippen MR) is 144 cm³/mol. The highest BCUT2D eigenvalue weighted by molar-refractivity contribution is 7.13. The number of halogens is 3. The molecule has 2 heterocycles. The van der Waals surface area contributed by atoms with Crippen LogP contribution >= 0.6 is 22.9 Å². The Bertz CT molecular complexity index is 1630. The van der Waals surface area contributed by atoms with E-state index in [0.29, 0.717) is 5.39 Å². The number of pyridine rings is 1. The number of rotatable bonds is 8. The lowest BCUT2D eigenvalue weighted by atomic mass is 10.1. The summed E-state index contributed by atoms with van der Waals surface area (Å²) < 4.78 is 49.9. The second-order valence-corrected chi connectivity index (χ2v) is 9.19. The van der Waals surface area contributed by atoms with E-state index >= 15 is 0 Å². The molecule has 40 heavy (non-hydrogen) atoms. The standard InChI is InChI=1S/C26H20ClF2N3O7S/c1-36-19-8-16(29)17(31-26(35)32-18-11-40-23(25(34)38-3)21(18)24(33)37-2)9-20(19)39-10-13-15(28)7-14(27)12-5-4-6-30-22(12)13/h4-9,11H,10H2,1-3H3,(H2,31,32,35). The number of hydrogen-bond donors (Lipinski definition) is 2. The lowest BCUT2D eigenvalue weighted by Gasteiger charge is -2.15. The van der Waals surface area contributed by atoms with Crippen LogP contribution in [-0.2, 0) is 16.1 Å². The second kappa shape index (κ2) is 12.1. The Morgan fingerprint density at radius 2 is 1.70 bits per heavy atom. The van der Waals surface area contributed by atoms with Crippen molar-refractivity contribution in [2.75, 3.05) is 32.0 Å². The van der Waals surface area contributed by atoms with Crippen molar-refractivity contribution in [3.8, 4) is 11.5 Å². The topological polar surface area (TPSA) is 125 Å². The maximum absolute atomic E-state index is 14.8. The van der Waals surface area contributed by atoms with E-state index in [0.717, 1.165) is 43.8 Å². The van der Waals surface area contributed by atoms with Crippen molar-refractivity contribution in [2.45, 2.75) is 6.61 Å². The molecule has 2 N–H and O–H groups in total. The zero-order valence-corrected chi connectivity index (χ0v) is 22.7. The van der Waals surface area contributed by atoms with Gasteiger partial charge in [-0.05, 0) is 18.2 Å². The third-order valence-electron chi connectivity index (χ3n) is 5.57. The van der Waals surface area contributed by atoms with E-state index < -0.39 is 29.6 Å². The molecule has 0 radical (unpaired) electrons. The molecule has 0 aliphatic heterocycles. The van der Waals surface area contributed by atoms with Crippen LogP contribution < -0.4 is 20.1 Å². The Labute approximate surface area is 234 Å². The molecule has 10 nitrogen and oxygen atoms in total. The van der Waals surface area contributed by atoms with Gasteiger partial charge in [-0.3, -0.25) is 4.98 Å². The number of esters is 2. The zero-order valence-electron chi connectivity index (χ0n) is 21.1. The van der Waals surface area contributed by atoms with Crippen LogP contribution in [0.4, 0.5) is 25.0 Å². The van der Waals surface area contributed by atoms with E-state index in [-0.39, 0.29) is 56.0 Å². The monoisotopic (exact) mass is 591 g/mol. The minimum absolute atomic E-state index is 0.0172. The van der Waals surface area contributed by atoms with Crippen molar-refractivity contribution in [1.29, 1.82) is 0 Å². The number of benzene rings is 2. The maximum atomic E-state index is 14.8. The van der Waals surface area contributed by atoms with E-state index in [9.17, 15) is 23.2 Å². The van der Waals surface area contributed by atoms with Gasteiger partial charge in [-0.1, -0.05) is 11.6 Å². The smallest absolute Gasteiger partial charge is 0.349 e. The van der Waals surface area contributed by atoms with Gasteiger partial charge >= 0.3 is 18.0 Å². The highest BCUT2D eigenvalue weighted by atomic mass is 35.5. The van der Waals surface area contributed by atoms with Crippen molar-refractivity contribution >= 4 is 63.2 Å². The summed E-state index contributed by atoms with van der Waals surface area (Å²) in [5.41, 5.74) is -0.212. The van der Waals surface area contributed by atoms with E-state index in [2.05, 4.69) is 20.4 Å². The number of aromatic nitrogens is 1. The first-order valence-electron chi connectivity index (χ1n) is 11.3. The van der Waals surface area contributed by atoms with Gasteiger partial charge in [-0.15, -0.1) is 11.3 Å². The number of amides is 2. The molecule has 0 saturated carbocycles. The number of thiophene rings is 1. The second-order valence-electron chi connectivity index (χ2n) is 7.91. The first kappa shape index (κ1) is 28.5. The molecule has 2 aromatic heterocycles. The lowest BCUT2D eigenvalue weighted by Crippen LogP contribution is -2.22. The van der Waals surface area contributed by atoms with Gasteiger partial charge < -0.3 is 29.6 Å². The molecular formula is C26H20ClF2N3O7S. The van der Waals surface area contributed by atoms with Crippen LogP contribution in [0.2, 0.25) is 5.02 Å². The lowest BCUT2D eigenvalue weighted by molar-refractivity contribution is 0.0561. The summed E-state index contributed by atoms with van der Waals surface area (Å²) in [6, 6.07) is 5.64. The quantitative estimate of drug-likeness (QED) is 0.238. The number of carbonyl (C=O) groups excluding carboxylic acids is 3. The molecule has 0 unspecified atom stereocenters. The highest BCUT2D eigenvalue weighted by Gasteiger charge is 2.26. The fraction of sp³-hybridized carbons (Fsp3) is 0.154. The third-order valence-corrected chi connectivity index (χ3v) is 6.84. The van der Waals surface area contributed by atoms with Gasteiger partial charge in [0, 0.05) is 29.1 Å². The molecular weight excluding hydrogens is 572 g/mol. The zero-order chi connectivity index (χ0) is 29.0. The first-order valence-corrected chi connectivity index (χ1v) is 12.5. The molecule has 0 saturated heterocycles. The van der Waals surface area contributed by atoms with Crippen molar-refractivity contribution in [3.63, 3.8) is 0 Å². The predicted octanol–water partition coefficient (Wildman–Crippen LogP) is 6.03. The van der Waals surface area contributed by atoms with E-state index in [4.69, 9.17) is 25.8 Å². The summed E-state index contributed by atoms with van der Waals surface area (Å²) in [5, 5.41) is 6.72. The fourth-order valence-electron chi connectivity index (χ4n) is 3.69. The number of methoxy groups -OCH3 is 3. The summed E-state index contributed by atoms with van der Waals surface area (Å²) in [6.45, 7) is -0.322. The van der Waals surface area contributed by atoms with Gasteiger partial charge in [-0.2, -0.15) is 0 Å². The first-order chi connectivity index (χ1) is 19.2. The summed E-state index contributed by atoms with van der Waals surface area (Å²) in [4.78, 5) is 41.1. The van der Waals surface area contributed by atoms with Crippen LogP contribution in [0, 0.1) is 11.6 Å². The Hall–Kier alpha value is -4.49. The van der Waals surface area contributed by atoms with E-state index in [1.54, 1.807) is 12.1 Å². The molecule has 2 amide bonds. The normalized spacial score (nSPS) is 10.7. The number of carbonyl (C=O) groups is 3. The molecule has 0 fully saturated rings. The number of hydrogen-bond acceptors (Lipinski definition) is 9. The van der Waals surface area contributed by atoms with Gasteiger partial charge in [-0.25, -0.2) is 23.2 Å². The van der Waals surface area contributed by atoms with Gasteiger partial charge in [0.25, 0.3) is 0 Å². The van der Waals surface area contributed by atoms with E-state index in [1.165, 1.54) is 18.7 Å². The molecule has 0 aliphatic carbocycles. The number of anilines is 2. The van der Waals surface area contributed by atoms with Crippen LogP contribution in [0.1, 0.15) is 25.6 Å².